The van der Waals surface area contributed by atoms with Crippen molar-refractivity contribution in [3.05, 3.63) is 29.3 Å². The zero-order valence-electron chi connectivity index (χ0n) is 10.8. The van der Waals surface area contributed by atoms with E-state index in [9.17, 15) is 4.79 Å². The van der Waals surface area contributed by atoms with E-state index in [2.05, 4.69) is 31.1 Å². The molecule has 90 valence electrons. The second-order valence-electron chi connectivity index (χ2n) is 4.87. The third-order valence-corrected chi connectivity index (χ3v) is 3.17. The lowest BCUT2D eigenvalue weighted by Crippen LogP contribution is -2.16. The molecule has 2 nitrogen and oxygen atoms in total. The molecule has 17 heavy (non-hydrogen) atoms. The van der Waals surface area contributed by atoms with Crippen molar-refractivity contribution in [2.45, 2.75) is 26.1 Å². The Labute approximate surface area is 104 Å². The topological polar surface area (TPSA) is 26.3 Å². The van der Waals surface area contributed by atoms with Crippen LogP contribution in [0.25, 0.3) is 0 Å². The molecule has 1 rings (SSSR count). The lowest BCUT2D eigenvalue weighted by atomic mass is 10.0. The second-order valence-corrected chi connectivity index (χ2v) is 9.62. The summed E-state index contributed by atoms with van der Waals surface area (Å²) < 4.78 is 5.26. The molecule has 3 heteroatoms. The molecule has 0 saturated heterocycles. The van der Waals surface area contributed by atoms with E-state index in [1.165, 1.54) is 0 Å². The predicted molar refractivity (Wildman–Crippen MR) is 73.2 cm³/mol. The normalized spacial score (nSPS) is 10.4. The first-order valence-electron chi connectivity index (χ1n) is 5.59. The summed E-state index contributed by atoms with van der Waals surface area (Å²) >= 11 is 0. The summed E-state index contributed by atoms with van der Waals surface area (Å²) in [7, 11) is 0.254. The third kappa shape index (κ3) is 4.08. The van der Waals surface area contributed by atoms with Crippen LogP contribution in [0.15, 0.2) is 18.2 Å². The number of hydrogen-bond donors (Lipinski definition) is 0. The molecule has 0 radical (unpaired) electrons. The van der Waals surface area contributed by atoms with Gasteiger partial charge in [0.2, 0.25) is 0 Å². The number of methoxy groups -OCH3 is 1. The van der Waals surface area contributed by atoms with E-state index in [1.807, 2.05) is 12.1 Å². The van der Waals surface area contributed by atoms with Gasteiger partial charge in [0.05, 0.1) is 7.11 Å². The smallest absolute Gasteiger partial charge is 0.150 e. The molecule has 0 fully saturated rings. The molecule has 0 spiro atoms. The molecular formula is C14H18O2Si. The van der Waals surface area contributed by atoms with Gasteiger partial charge in [0.1, 0.15) is 20.1 Å². The van der Waals surface area contributed by atoms with Crippen LogP contribution in [0.5, 0.6) is 5.75 Å². The SMILES string of the molecule is COc1cccc(C=O)c1CC#C[Si](C)(C)C. The molecule has 0 aromatic heterocycles. The van der Waals surface area contributed by atoms with E-state index in [1.54, 1.807) is 13.2 Å². The Balaban J connectivity index is 3.03. The number of aldehydes is 1. The molecule has 0 aliphatic heterocycles. The van der Waals surface area contributed by atoms with E-state index in [-0.39, 0.29) is 0 Å². The van der Waals surface area contributed by atoms with Crippen LogP contribution in [0.3, 0.4) is 0 Å². The van der Waals surface area contributed by atoms with Crippen LogP contribution in [-0.2, 0) is 6.42 Å². The van der Waals surface area contributed by atoms with E-state index in [4.69, 9.17) is 4.74 Å². The predicted octanol–water partition coefficient (Wildman–Crippen LogP) is 2.93. The fourth-order valence-corrected chi connectivity index (χ4v) is 2.09. The van der Waals surface area contributed by atoms with Crippen LogP contribution in [-0.4, -0.2) is 21.5 Å². The summed E-state index contributed by atoms with van der Waals surface area (Å²) in [5.74, 6) is 3.90. The first kappa shape index (κ1) is 13.5. The van der Waals surface area contributed by atoms with Crippen molar-refractivity contribution >= 4 is 14.4 Å². The maximum Gasteiger partial charge on any atom is 0.150 e. The fourth-order valence-electron chi connectivity index (χ4n) is 1.47. The summed E-state index contributed by atoms with van der Waals surface area (Å²) in [5.41, 5.74) is 4.84. The van der Waals surface area contributed by atoms with Crippen molar-refractivity contribution < 1.29 is 9.53 Å². The van der Waals surface area contributed by atoms with E-state index >= 15 is 0 Å². The van der Waals surface area contributed by atoms with Gasteiger partial charge in [-0.1, -0.05) is 31.8 Å². The highest BCUT2D eigenvalue weighted by Gasteiger charge is 2.09. The van der Waals surface area contributed by atoms with Gasteiger partial charge in [-0.3, -0.25) is 4.79 Å². The molecule has 0 aliphatic carbocycles. The van der Waals surface area contributed by atoms with Gasteiger partial charge in [0, 0.05) is 17.5 Å². The van der Waals surface area contributed by atoms with Crippen molar-refractivity contribution in [3.8, 4) is 17.2 Å². The molecule has 0 saturated carbocycles. The van der Waals surface area contributed by atoms with Crippen LogP contribution in [0.1, 0.15) is 15.9 Å². The average molecular weight is 246 g/mol. The van der Waals surface area contributed by atoms with Gasteiger partial charge < -0.3 is 4.74 Å². The van der Waals surface area contributed by atoms with Crippen LogP contribution < -0.4 is 4.74 Å². The Morgan fingerprint density at radius 3 is 2.59 bits per heavy atom. The Kier molecular flexibility index (Phi) is 4.53. The quantitative estimate of drug-likeness (QED) is 0.466. The van der Waals surface area contributed by atoms with Crippen LogP contribution >= 0.6 is 0 Å². The summed E-state index contributed by atoms with van der Waals surface area (Å²) in [6, 6.07) is 5.47. The van der Waals surface area contributed by atoms with E-state index < -0.39 is 8.07 Å². The highest BCUT2D eigenvalue weighted by atomic mass is 28.3. The van der Waals surface area contributed by atoms with Gasteiger partial charge in [-0.15, -0.1) is 11.5 Å². The van der Waals surface area contributed by atoms with Gasteiger partial charge in [-0.2, -0.15) is 0 Å². The van der Waals surface area contributed by atoms with Gasteiger partial charge in [0.15, 0.2) is 0 Å². The van der Waals surface area contributed by atoms with Crippen LogP contribution in [0.4, 0.5) is 0 Å². The number of ether oxygens (including phenoxy) is 1. The van der Waals surface area contributed by atoms with Crippen LogP contribution in [0, 0.1) is 11.5 Å². The summed E-state index contributed by atoms with van der Waals surface area (Å²) in [5, 5.41) is 0. The molecule has 0 N–H and O–H groups in total. The van der Waals surface area contributed by atoms with Crippen molar-refractivity contribution in [2.75, 3.05) is 7.11 Å². The van der Waals surface area contributed by atoms with Crippen molar-refractivity contribution in [1.29, 1.82) is 0 Å². The largest absolute Gasteiger partial charge is 0.496 e. The third-order valence-electron chi connectivity index (χ3n) is 2.24. The van der Waals surface area contributed by atoms with Gasteiger partial charge in [-0.05, 0) is 6.07 Å². The molecule has 0 aliphatic rings. The second kappa shape index (κ2) is 5.69. The number of carbonyl (C=O) groups is 1. The summed E-state index contributed by atoms with van der Waals surface area (Å²) in [4.78, 5) is 11.0. The minimum atomic E-state index is -1.36. The number of benzene rings is 1. The molecular weight excluding hydrogens is 228 g/mol. The highest BCUT2D eigenvalue weighted by molar-refractivity contribution is 6.83. The van der Waals surface area contributed by atoms with E-state index in [0.29, 0.717) is 12.0 Å². The van der Waals surface area contributed by atoms with Crippen molar-refractivity contribution in [2.24, 2.45) is 0 Å². The molecule has 1 aromatic carbocycles. The zero-order valence-corrected chi connectivity index (χ0v) is 11.8. The fraction of sp³-hybridized carbons (Fsp3) is 0.357. The van der Waals surface area contributed by atoms with Crippen molar-refractivity contribution in [3.63, 3.8) is 0 Å². The Hall–Kier alpha value is -1.53. The minimum absolute atomic E-state index is 0.572. The molecule has 0 heterocycles. The number of rotatable bonds is 3. The Morgan fingerprint density at radius 2 is 2.06 bits per heavy atom. The lowest BCUT2D eigenvalue weighted by Gasteiger charge is -2.08. The zero-order chi connectivity index (χ0) is 12.9. The minimum Gasteiger partial charge on any atom is -0.496 e. The van der Waals surface area contributed by atoms with Gasteiger partial charge in [0.25, 0.3) is 0 Å². The van der Waals surface area contributed by atoms with Crippen LogP contribution in [0.2, 0.25) is 19.6 Å². The Bertz CT molecular complexity index is 461. The van der Waals surface area contributed by atoms with Gasteiger partial charge >= 0.3 is 0 Å². The van der Waals surface area contributed by atoms with E-state index in [0.717, 1.165) is 17.6 Å². The molecule has 0 amide bonds. The maximum absolute atomic E-state index is 11.0. The Morgan fingerprint density at radius 1 is 1.35 bits per heavy atom. The molecule has 0 bridgehead atoms. The standard InChI is InChI=1S/C14H18O2Si/c1-16-14-9-5-7-12(11-15)13(14)8-6-10-17(2,3)4/h5,7,9,11H,8H2,1-4H3. The number of carbonyl (C=O) groups excluding carboxylic acids is 1. The average Bonchev–Trinajstić information content (AvgIpc) is 2.27. The first-order valence-corrected chi connectivity index (χ1v) is 9.09. The lowest BCUT2D eigenvalue weighted by molar-refractivity contribution is 0.112. The van der Waals surface area contributed by atoms with Crippen molar-refractivity contribution in [1.82, 2.24) is 0 Å². The maximum atomic E-state index is 11.0. The molecule has 0 atom stereocenters. The summed E-state index contributed by atoms with van der Waals surface area (Å²) in [6.07, 6.45) is 1.43. The number of hydrogen-bond acceptors (Lipinski definition) is 2. The monoisotopic (exact) mass is 246 g/mol. The van der Waals surface area contributed by atoms with Gasteiger partial charge in [-0.25, -0.2) is 0 Å². The summed E-state index contributed by atoms with van der Waals surface area (Å²) in [6.45, 7) is 6.59. The molecule has 1 aromatic rings. The molecule has 0 unspecified atom stereocenters. The first-order chi connectivity index (χ1) is 7.98. The highest BCUT2D eigenvalue weighted by Crippen LogP contribution is 2.21.